The van der Waals surface area contributed by atoms with E-state index in [1.54, 1.807) is 12.1 Å². The molecular weight excluding hydrogens is 221 g/mol. The minimum Gasteiger partial charge on any atom is -0.325 e. The van der Waals surface area contributed by atoms with E-state index in [9.17, 15) is 4.39 Å². The third-order valence-corrected chi connectivity index (χ3v) is 2.34. The van der Waals surface area contributed by atoms with Crippen molar-refractivity contribution in [3.63, 3.8) is 0 Å². The summed E-state index contributed by atoms with van der Waals surface area (Å²) < 4.78 is 14.3. The molecule has 1 aromatic carbocycles. The van der Waals surface area contributed by atoms with Crippen molar-refractivity contribution < 1.29 is 4.39 Å². The number of rotatable bonds is 3. The SMILES string of the molecule is N#CCn1nnc(CN)c1-c1ccc(F)cc1. The van der Waals surface area contributed by atoms with Gasteiger partial charge in [0, 0.05) is 12.1 Å². The van der Waals surface area contributed by atoms with Gasteiger partial charge in [-0.15, -0.1) is 5.10 Å². The lowest BCUT2D eigenvalue weighted by Gasteiger charge is -2.04. The van der Waals surface area contributed by atoms with Crippen molar-refractivity contribution in [1.29, 1.82) is 5.26 Å². The van der Waals surface area contributed by atoms with E-state index in [0.29, 0.717) is 11.4 Å². The Hall–Kier alpha value is -2.26. The number of nitrogens with two attached hydrogens (primary N) is 1. The summed E-state index contributed by atoms with van der Waals surface area (Å²) in [6, 6.07) is 7.91. The molecule has 0 amide bonds. The minimum absolute atomic E-state index is 0.0830. The summed E-state index contributed by atoms with van der Waals surface area (Å²) in [6.45, 7) is 0.303. The Morgan fingerprint density at radius 2 is 2.06 bits per heavy atom. The fourth-order valence-corrected chi connectivity index (χ4v) is 1.59. The van der Waals surface area contributed by atoms with Gasteiger partial charge in [0.25, 0.3) is 0 Å². The summed E-state index contributed by atoms with van der Waals surface area (Å²) in [5, 5.41) is 16.4. The van der Waals surface area contributed by atoms with Crippen LogP contribution >= 0.6 is 0 Å². The van der Waals surface area contributed by atoms with Crippen molar-refractivity contribution in [2.45, 2.75) is 13.1 Å². The summed E-state index contributed by atoms with van der Waals surface area (Å²) in [5.74, 6) is -0.317. The lowest BCUT2D eigenvalue weighted by atomic mass is 10.1. The molecule has 1 heterocycles. The number of aromatic nitrogens is 3. The molecule has 0 aliphatic heterocycles. The molecule has 2 aromatic rings. The molecule has 0 fully saturated rings. The van der Waals surface area contributed by atoms with Gasteiger partial charge in [-0.2, -0.15) is 5.26 Å². The van der Waals surface area contributed by atoms with Crippen LogP contribution < -0.4 is 5.73 Å². The molecule has 5 nitrogen and oxygen atoms in total. The van der Waals surface area contributed by atoms with Crippen LogP contribution in [0, 0.1) is 17.1 Å². The number of nitrogens with zero attached hydrogens (tertiary/aromatic N) is 4. The summed E-state index contributed by atoms with van der Waals surface area (Å²) in [4.78, 5) is 0. The van der Waals surface area contributed by atoms with Gasteiger partial charge < -0.3 is 5.73 Å². The minimum atomic E-state index is -0.317. The van der Waals surface area contributed by atoms with Gasteiger partial charge in [0.05, 0.1) is 11.8 Å². The smallest absolute Gasteiger partial charge is 0.130 e. The Kier molecular flexibility index (Phi) is 3.12. The van der Waals surface area contributed by atoms with Gasteiger partial charge in [-0.25, -0.2) is 9.07 Å². The summed E-state index contributed by atoms with van der Waals surface area (Å²) >= 11 is 0. The first-order valence-electron chi connectivity index (χ1n) is 5.01. The lowest BCUT2D eigenvalue weighted by molar-refractivity contribution is 0.627. The van der Waals surface area contributed by atoms with Gasteiger partial charge in [-0.1, -0.05) is 5.21 Å². The first kappa shape index (κ1) is 11.2. The number of nitriles is 1. The van der Waals surface area contributed by atoms with Crippen LogP contribution in [0.4, 0.5) is 4.39 Å². The summed E-state index contributed by atoms with van der Waals surface area (Å²) in [7, 11) is 0. The van der Waals surface area contributed by atoms with E-state index < -0.39 is 0 Å². The van der Waals surface area contributed by atoms with Crippen LogP contribution in [-0.2, 0) is 13.1 Å². The number of benzene rings is 1. The molecule has 0 radical (unpaired) electrons. The third-order valence-electron chi connectivity index (χ3n) is 2.34. The van der Waals surface area contributed by atoms with Gasteiger partial charge in [0.15, 0.2) is 0 Å². The zero-order valence-corrected chi connectivity index (χ0v) is 8.97. The van der Waals surface area contributed by atoms with Crippen molar-refractivity contribution in [1.82, 2.24) is 15.0 Å². The van der Waals surface area contributed by atoms with Crippen LogP contribution in [0.2, 0.25) is 0 Å². The van der Waals surface area contributed by atoms with Gasteiger partial charge in [-0.3, -0.25) is 0 Å². The Morgan fingerprint density at radius 3 is 2.65 bits per heavy atom. The van der Waals surface area contributed by atoms with Crippen LogP contribution in [0.25, 0.3) is 11.3 Å². The zero-order valence-electron chi connectivity index (χ0n) is 8.97. The van der Waals surface area contributed by atoms with E-state index in [1.165, 1.54) is 16.8 Å². The van der Waals surface area contributed by atoms with E-state index in [4.69, 9.17) is 11.0 Å². The fraction of sp³-hybridized carbons (Fsp3) is 0.182. The second-order valence-corrected chi connectivity index (χ2v) is 3.41. The Bertz CT molecular complexity index is 552. The predicted molar refractivity (Wildman–Crippen MR) is 58.9 cm³/mol. The molecule has 6 heteroatoms. The highest BCUT2D eigenvalue weighted by molar-refractivity contribution is 5.61. The summed E-state index contributed by atoms with van der Waals surface area (Å²) in [6.07, 6.45) is 0. The Labute approximate surface area is 97.3 Å². The molecule has 0 saturated heterocycles. The molecule has 86 valence electrons. The number of hydrogen-bond acceptors (Lipinski definition) is 4. The molecular formula is C11H10FN5. The topological polar surface area (TPSA) is 80.5 Å². The van der Waals surface area contributed by atoms with E-state index in [1.807, 2.05) is 6.07 Å². The third kappa shape index (κ3) is 2.14. The first-order chi connectivity index (χ1) is 8.26. The van der Waals surface area contributed by atoms with Crippen LogP contribution in [0.15, 0.2) is 24.3 Å². The van der Waals surface area contributed by atoms with Crippen molar-refractivity contribution in [2.75, 3.05) is 0 Å². The van der Waals surface area contributed by atoms with Crippen molar-refractivity contribution in [3.8, 4) is 17.3 Å². The van der Waals surface area contributed by atoms with Gasteiger partial charge in [-0.05, 0) is 24.3 Å². The second kappa shape index (κ2) is 4.72. The first-order valence-corrected chi connectivity index (χ1v) is 5.01. The zero-order chi connectivity index (χ0) is 12.3. The quantitative estimate of drug-likeness (QED) is 0.856. The molecule has 2 N–H and O–H groups in total. The second-order valence-electron chi connectivity index (χ2n) is 3.41. The highest BCUT2D eigenvalue weighted by atomic mass is 19.1. The van der Waals surface area contributed by atoms with Crippen LogP contribution in [0.3, 0.4) is 0 Å². The number of halogens is 1. The molecule has 0 saturated carbocycles. The van der Waals surface area contributed by atoms with E-state index in [0.717, 1.165) is 5.56 Å². The maximum Gasteiger partial charge on any atom is 0.130 e. The van der Waals surface area contributed by atoms with Crippen molar-refractivity contribution in [2.24, 2.45) is 5.73 Å². The molecule has 0 unspecified atom stereocenters. The van der Waals surface area contributed by atoms with E-state index in [-0.39, 0.29) is 18.9 Å². The molecule has 1 aromatic heterocycles. The molecule has 0 bridgehead atoms. The fourth-order valence-electron chi connectivity index (χ4n) is 1.59. The van der Waals surface area contributed by atoms with Crippen molar-refractivity contribution >= 4 is 0 Å². The van der Waals surface area contributed by atoms with Crippen LogP contribution in [0.5, 0.6) is 0 Å². The average molecular weight is 231 g/mol. The molecule has 17 heavy (non-hydrogen) atoms. The van der Waals surface area contributed by atoms with Crippen LogP contribution in [0.1, 0.15) is 5.69 Å². The molecule has 0 aliphatic carbocycles. The molecule has 2 rings (SSSR count). The maximum absolute atomic E-state index is 12.8. The van der Waals surface area contributed by atoms with Crippen LogP contribution in [-0.4, -0.2) is 15.0 Å². The van der Waals surface area contributed by atoms with Crippen molar-refractivity contribution in [3.05, 3.63) is 35.8 Å². The van der Waals surface area contributed by atoms with Gasteiger partial charge >= 0.3 is 0 Å². The predicted octanol–water partition coefficient (Wildman–Crippen LogP) is 1.07. The normalized spacial score (nSPS) is 10.2. The number of hydrogen-bond donors (Lipinski definition) is 1. The van der Waals surface area contributed by atoms with Gasteiger partial charge in [0.2, 0.25) is 0 Å². The average Bonchev–Trinajstić information content (AvgIpc) is 2.74. The monoisotopic (exact) mass is 231 g/mol. The van der Waals surface area contributed by atoms with E-state index >= 15 is 0 Å². The molecule has 0 atom stereocenters. The van der Waals surface area contributed by atoms with Gasteiger partial charge in [0.1, 0.15) is 18.1 Å². The summed E-state index contributed by atoms with van der Waals surface area (Å²) in [5.41, 5.74) is 7.55. The highest BCUT2D eigenvalue weighted by Gasteiger charge is 2.13. The molecule has 0 spiro atoms. The lowest BCUT2D eigenvalue weighted by Crippen LogP contribution is -2.03. The standard InChI is InChI=1S/C11H10FN5/c12-9-3-1-8(2-4-9)11-10(7-14)15-16-17(11)6-5-13/h1-4H,6-7,14H2. The largest absolute Gasteiger partial charge is 0.325 e. The highest BCUT2D eigenvalue weighted by Crippen LogP contribution is 2.22. The Morgan fingerprint density at radius 1 is 1.35 bits per heavy atom. The molecule has 0 aliphatic rings. The van der Waals surface area contributed by atoms with E-state index in [2.05, 4.69) is 10.3 Å². The maximum atomic E-state index is 12.8. The Balaban J connectivity index is 2.52.